The Morgan fingerprint density at radius 1 is 1.18 bits per heavy atom. The lowest BCUT2D eigenvalue weighted by atomic mass is 10.1. The molecule has 0 bridgehead atoms. The van der Waals surface area contributed by atoms with Crippen LogP contribution in [-0.4, -0.2) is 39.3 Å². The summed E-state index contributed by atoms with van der Waals surface area (Å²) in [6.07, 6.45) is 1.95. The molecule has 1 unspecified atom stereocenters. The van der Waals surface area contributed by atoms with Gasteiger partial charge in [0, 0.05) is 30.4 Å². The van der Waals surface area contributed by atoms with Gasteiger partial charge in [-0.2, -0.15) is 5.10 Å². The number of rotatable bonds is 7. The fraction of sp³-hybridized carbons (Fsp3) is 0.273. The van der Waals surface area contributed by atoms with Gasteiger partial charge in [0.25, 0.3) is 0 Å². The second kappa shape index (κ2) is 8.35. The topological polar surface area (TPSA) is 58.4 Å². The molecule has 1 aromatic heterocycles. The molecule has 1 heterocycles. The first-order valence-corrected chi connectivity index (χ1v) is 9.16. The van der Waals surface area contributed by atoms with Crippen LogP contribution in [0.15, 0.2) is 54.7 Å². The summed E-state index contributed by atoms with van der Waals surface area (Å²) in [6.45, 7) is 4.68. The highest BCUT2D eigenvalue weighted by Crippen LogP contribution is 2.25. The highest BCUT2D eigenvalue weighted by atomic mass is 19.1. The molecule has 0 amide bonds. The van der Waals surface area contributed by atoms with Crippen LogP contribution >= 0.6 is 0 Å². The largest absolute Gasteiger partial charge is 0.481 e. The third kappa shape index (κ3) is 4.64. The SMILES string of the molecule is Cc1ccc(-n2cc(CN(C)CC(C)C(=O)O)c(-c3ccc(F)cc3)n2)cc1. The van der Waals surface area contributed by atoms with Gasteiger partial charge in [-0.3, -0.25) is 4.79 Å². The molecule has 2 aromatic carbocycles. The lowest BCUT2D eigenvalue weighted by Gasteiger charge is -2.18. The van der Waals surface area contributed by atoms with Crippen molar-refractivity contribution in [3.8, 4) is 16.9 Å². The summed E-state index contributed by atoms with van der Waals surface area (Å²) >= 11 is 0. The van der Waals surface area contributed by atoms with Crippen molar-refractivity contribution in [2.24, 2.45) is 5.92 Å². The van der Waals surface area contributed by atoms with E-state index in [0.717, 1.165) is 28.1 Å². The Morgan fingerprint density at radius 3 is 2.43 bits per heavy atom. The number of hydrogen-bond donors (Lipinski definition) is 1. The van der Waals surface area contributed by atoms with E-state index in [1.165, 1.54) is 12.1 Å². The zero-order valence-electron chi connectivity index (χ0n) is 16.3. The number of benzene rings is 2. The Balaban J connectivity index is 1.95. The van der Waals surface area contributed by atoms with Crippen molar-refractivity contribution < 1.29 is 14.3 Å². The van der Waals surface area contributed by atoms with Gasteiger partial charge in [0.05, 0.1) is 17.3 Å². The number of nitrogens with zero attached hydrogens (tertiary/aromatic N) is 3. The molecular formula is C22H24FN3O2. The maximum absolute atomic E-state index is 13.4. The van der Waals surface area contributed by atoms with Gasteiger partial charge in [0.2, 0.25) is 0 Å². The van der Waals surface area contributed by atoms with Crippen LogP contribution in [0.5, 0.6) is 0 Å². The maximum Gasteiger partial charge on any atom is 0.307 e. The molecule has 3 rings (SSSR count). The summed E-state index contributed by atoms with van der Waals surface area (Å²) < 4.78 is 15.2. The number of carbonyl (C=O) groups is 1. The molecule has 28 heavy (non-hydrogen) atoms. The van der Waals surface area contributed by atoms with Crippen LogP contribution in [0.3, 0.4) is 0 Å². The van der Waals surface area contributed by atoms with Gasteiger partial charge in [-0.15, -0.1) is 0 Å². The number of carboxylic acids is 1. The molecule has 0 aliphatic heterocycles. The van der Waals surface area contributed by atoms with E-state index in [1.807, 2.05) is 54.0 Å². The van der Waals surface area contributed by atoms with Gasteiger partial charge < -0.3 is 10.0 Å². The quantitative estimate of drug-likeness (QED) is 0.668. The molecule has 5 nitrogen and oxygen atoms in total. The Morgan fingerprint density at radius 2 is 1.82 bits per heavy atom. The van der Waals surface area contributed by atoms with Crippen LogP contribution in [0.1, 0.15) is 18.1 Å². The summed E-state index contributed by atoms with van der Waals surface area (Å²) in [7, 11) is 1.89. The van der Waals surface area contributed by atoms with Crippen molar-refractivity contribution in [1.29, 1.82) is 0 Å². The molecule has 0 saturated heterocycles. The number of carboxylic acid groups (broad SMARTS) is 1. The summed E-state index contributed by atoms with van der Waals surface area (Å²) in [5.74, 6) is -1.58. The molecule has 1 atom stereocenters. The van der Waals surface area contributed by atoms with E-state index >= 15 is 0 Å². The van der Waals surface area contributed by atoms with Gasteiger partial charge in [-0.1, -0.05) is 24.6 Å². The molecule has 0 spiro atoms. The minimum absolute atomic E-state index is 0.296. The molecular weight excluding hydrogens is 357 g/mol. The van der Waals surface area contributed by atoms with Gasteiger partial charge in [0.1, 0.15) is 5.82 Å². The second-order valence-electron chi connectivity index (χ2n) is 7.23. The molecule has 1 N–H and O–H groups in total. The van der Waals surface area contributed by atoms with Crippen molar-refractivity contribution in [2.45, 2.75) is 20.4 Å². The van der Waals surface area contributed by atoms with E-state index in [9.17, 15) is 9.18 Å². The lowest BCUT2D eigenvalue weighted by Crippen LogP contribution is -2.28. The molecule has 0 fully saturated rings. The van der Waals surface area contributed by atoms with E-state index < -0.39 is 11.9 Å². The number of aromatic nitrogens is 2. The Kier molecular flexibility index (Phi) is 5.90. The summed E-state index contributed by atoms with van der Waals surface area (Å²) in [4.78, 5) is 13.1. The average Bonchev–Trinajstić information content (AvgIpc) is 3.06. The second-order valence-corrected chi connectivity index (χ2v) is 7.23. The van der Waals surface area contributed by atoms with Gasteiger partial charge in [-0.05, 0) is 50.4 Å². The first-order chi connectivity index (χ1) is 13.3. The molecule has 6 heteroatoms. The molecule has 0 saturated carbocycles. The molecule has 0 radical (unpaired) electrons. The molecule has 146 valence electrons. The molecule has 0 aliphatic rings. The highest BCUT2D eigenvalue weighted by Gasteiger charge is 2.18. The zero-order chi connectivity index (χ0) is 20.3. The van der Waals surface area contributed by atoms with E-state index in [1.54, 1.807) is 19.1 Å². The van der Waals surface area contributed by atoms with Crippen molar-refractivity contribution >= 4 is 5.97 Å². The van der Waals surface area contributed by atoms with E-state index in [0.29, 0.717) is 13.1 Å². The van der Waals surface area contributed by atoms with Crippen molar-refractivity contribution in [3.63, 3.8) is 0 Å². The van der Waals surface area contributed by atoms with E-state index in [2.05, 4.69) is 0 Å². The number of halogens is 1. The van der Waals surface area contributed by atoms with Gasteiger partial charge >= 0.3 is 5.97 Å². The minimum atomic E-state index is -0.819. The van der Waals surface area contributed by atoms with Crippen LogP contribution in [0.4, 0.5) is 4.39 Å². The van der Waals surface area contributed by atoms with Crippen LogP contribution in [0.2, 0.25) is 0 Å². The maximum atomic E-state index is 13.4. The Hall–Kier alpha value is -2.99. The average molecular weight is 381 g/mol. The smallest absolute Gasteiger partial charge is 0.307 e. The zero-order valence-corrected chi connectivity index (χ0v) is 16.3. The van der Waals surface area contributed by atoms with Crippen molar-refractivity contribution in [1.82, 2.24) is 14.7 Å². The van der Waals surface area contributed by atoms with Gasteiger partial charge in [-0.25, -0.2) is 9.07 Å². The van der Waals surface area contributed by atoms with E-state index in [4.69, 9.17) is 10.2 Å². The number of aliphatic carboxylic acids is 1. The Bertz CT molecular complexity index is 949. The first kappa shape index (κ1) is 19.8. The van der Waals surface area contributed by atoms with Crippen LogP contribution in [0.25, 0.3) is 16.9 Å². The summed E-state index contributed by atoms with van der Waals surface area (Å²) in [5, 5.41) is 13.9. The lowest BCUT2D eigenvalue weighted by molar-refractivity contribution is -0.141. The Labute approximate surface area is 164 Å². The highest BCUT2D eigenvalue weighted by molar-refractivity contribution is 5.69. The summed E-state index contributed by atoms with van der Waals surface area (Å²) in [6, 6.07) is 14.3. The molecule has 0 aliphatic carbocycles. The predicted octanol–water partition coefficient (Wildman–Crippen LogP) is 4.14. The van der Waals surface area contributed by atoms with Crippen molar-refractivity contribution in [2.75, 3.05) is 13.6 Å². The molecule has 3 aromatic rings. The first-order valence-electron chi connectivity index (χ1n) is 9.16. The van der Waals surface area contributed by atoms with Gasteiger partial charge in [0.15, 0.2) is 0 Å². The third-order valence-electron chi connectivity index (χ3n) is 4.65. The van der Waals surface area contributed by atoms with E-state index in [-0.39, 0.29) is 5.82 Å². The van der Waals surface area contributed by atoms with Crippen LogP contribution in [-0.2, 0) is 11.3 Å². The third-order valence-corrected chi connectivity index (χ3v) is 4.65. The fourth-order valence-electron chi connectivity index (χ4n) is 3.11. The number of hydrogen-bond acceptors (Lipinski definition) is 3. The summed E-state index contributed by atoms with van der Waals surface area (Å²) in [5.41, 5.74) is 4.63. The van der Waals surface area contributed by atoms with Crippen LogP contribution in [0, 0.1) is 18.7 Å². The number of aryl methyl sites for hydroxylation is 1. The van der Waals surface area contributed by atoms with Crippen molar-refractivity contribution in [3.05, 3.63) is 71.7 Å². The predicted molar refractivity (Wildman–Crippen MR) is 107 cm³/mol. The standard InChI is InChI=1S/C22H24FN3O2/c1-15-4-10-20(11-5-15)26-14-18(13-25(3)12-16(2)22(27)28)21(24-26)17-6-8-19(23)9-7-17/h4-11,14,16H,12-13H2,1-3H3,(H,27,28). The fourth-order valence-corrected chi connectivity index (χ4v) is 3.11. The minimum Gasteiger partial charge on any atom is -0.481 e. The van der Waals surface area contributed by atoms with Crippen LogP contribution < -0.4 is 0 Å². The monoisotopic (exact) mass is 381 g/mol. The normalized spacial score (nSPS) is 12.3.